The van der Waals surface area contributed by atoms with E-state index in [1.165, 1.54) is 25.5 Å². The van der Waals surface area contributed by atoms with Crippen LogP contribution in [0.25, 0.3) is 10.9 Å². The standard InChI is InChI=1S/C27H34N4O5S/c1-17(2)36-26-10-8-21(14-28-26)37(34,35)30-15-20(12-19-5-4-6-19)25(16-30)31-24-11-18(3)7-9-22(24)23(29-31)13-27(32)33/h7-11,14,17,19-20,25H,4-6,12-13,15-16H2,1-3H3,(H,32,33)/t20-,25+/m1/s1. The third-order valence-electron chi connectivity index (χ3n) is 7.51. The Hall–Kier alpha value is -2.98. The maximum absolute atomic E-state index is 13.7. The number of rotatable bonds is 9. The van der Waals surface area contributed by atoms with Gasteiger partial charge >= 0.3 is 5.97 Å². The fraction of sp³-hybridized carbons (Fsp3) is 0.519. The number of fused-ring (bicyclic) bond motifs is 1. The number of hydrogen-bond acceptors (Lipinski definition) is 6. The van der Waals surface area contributed by atoms with Gasteiger partial charge in [-0.1, -0.05) is 31.4 Å². The van der Waals surface area contributed by atoms with Gasteiger partial charge in [-0.3, -0.25) is 9.48 Å². The van der Waals surface area contributed by atoms with Crippen molar-refractivity contribution >= 4 is 26.9 Å². The lowest BCUT2D eigenvalue weighted by Crippen LogP contribution is -2.30. The van der Waals surface area contributed by atoms with Gasteiger partial charge in [0.2, 0.25) is 15.9 Å². The number of aromatic nitrogens is 3. The number of aliphatic carboxylic acids is 1. The smallest absolute Gasteiger partial charge is 0.309 e. The summed E-state index contributed by atoms with van der Waals surface area (Å²) >= 11 is 0. The van der Waals surface area contributed by atoms with Crippen LogP contribution in [0.15, 0.2) is 41.4 Å². The van der Waals surface area contributed by atoms with Crippen LogP contribution in [0.3, 0.4) is 0 Å². The van der Waals surface area contributed by atoms with E-state index in [0.29, 0.717) is 24.0 Å². The molecule has 2 atom stereocenters. The Labute approximate surface area is 217 Å². The molecule has 0 unspecified atom stereocenters. The Morgan fingerprint density at radius 2 is 1.97 bits per heavy atom. The number of ether oxygens (including phenoxy) is 1. The van der Waals surface area contributed by atoms with Crippen LogP contribution in [0.5, 0.6) is 5.88 Å². The number of sulfonamides is 1. The maximum atomic E-state index is 13.7. The summed E-state index contributed by atoms with van der Waals surface area (Å²) in [7, 11) is -3.78. The van der Waals surface area contributed by atoms with Crippen molar-refractivity contribution in [1.82, 2.24) is 19.1 Å². The second-order valence-corrected chi connectivity index (χ2v) is 12.6. The van der Waals surface area contributed by atoms with E-state index in [4.69, 9.17) is 9.84 Å². The average Bonchev–Trinajstić information content (AvgIpc) is 3.37. The van der Waals surface area contributed by atoms with Crippen molar-refractivity contribution in [2.75, 3.05) is 13.1 Å². The molecule has 3 heterocycles. The Bertz CT molecular complexity index is 1400. The van der Waals surface area contributed by atoms with Crippen LogP contribution in [0.4, 0.5) is 0 Å². The van der Waals surface area contributed by atoms with E-state index in [1.54, 1.807) is 16.4 Å². The van der Waals surface area contributed by atoms with E-state index in [1.807, 2.05) is 43.7 Å². The molecule has 5 rings (SSSR count). The first-order chi connectivity index (χ1) is 17.6. The number of benzene rings is 1. The Morgan fingerprint density at radius 1 is 1.19 bits per heavy atom. The van der Waals surface area contributed by atoms with Gasteiger partial charge < -0.3 is 9.84 Å². The molecule has 0 radical (unpaired) electrons. The van der Waals surface area contributed by atoms with Crippen LogP contribution in [0, 0.1) is 18.8 Å². The molecule has 1 aliphatic carbocycles. The first-order valence-corrected chi connectivity index (χ1v) is 14.4. The van der Waals surface area contributed by atoms with E-state index >= 15 is 0 Å². The molecule has 0 amide bonds. The molecule has 3 aromatic rings. The van der Waals surface area contributed by atoms with Crippen LogP contribution in [0.2, 0.25) is 0 Å². The Kier molecular flexibility index (Phi) is 6.97. The molecule has 10 heteroatoms. The van der Waals surface area contributed by atoms with Gasteiger partial charge in [0, 0.05) is 24.5 Å². The summed E-state index contributed by atoms with van der Waals surface area (Å²) in [6.07, 6.45) is 5.61. The van der Waals surface area contributed by atoms with Gasteiger partial charge in [-0.2, -0.15) is 9.40 Å². The molecule has 1 saturated heterocycles. The zero-order valence-electron chi connectivity index (χ0n) is 21.5. The first kappa shape index (κ1) is 25.7. The summed E-state index contributed by atoms with van der Waals surface area (Å²) in [4.78, 5) is 15.9. The van der Waals surface area contributed by atoms with Crippen molar-refractivity contribution in [2.24, 2.45) is 11.8 Å². The van der Waals surface area contributed by atoms with E-state index in [-0.39, 0.29) is 35.9 Å². The quantitative estimate of drug-likeness (QED) is 0.444. The average molecular weight is 527 g/mol. The molecular formula is C27H34N4O5S. The van der Waals surface area contributed by atoms with Crippen LogP contribution in [-0.4, -0.2) is 57.8 Å². The molecule has 0 bridgehead atoms. The van der Waals surface area contributed by atoms with Crippen molar-refractivity contribution in [2.45, 2.75) is 69.9 Å². The number of carbonyl (C=O) groups is 1. The van der Waals surface area contributed by atoms with E-state index in [0.717, 1.165) is 22.9 Å². The zero-order valence-corrected chi connectivity index (χ0v) is 22.3. The molecular weight excluding hydrogens is 492 g/mol. The molecule has 198 valence electrons. The highest BCUT2D eigenvalue weighted by atomic mass is 32.2. The van der Waals surface area contributed by atoms with Crippen molar-refractivity contribution in [3.8, 4) is 5.88 Å². The van der Waals surface area contributed by atoms with E-state index < -0.39 is 16.0 Å². The van der Waals surface area contributed by atoms with Crippen molar-refractivity contribution in [3.05, 3.63) is 47.8 Å². The molecule has 2 aromatic heterocycles. The number of nitrogens with zero attached hydrogens (tertiary/aromatic N) is 4. The minimum Gasteiger partial charge on any atom is -0.481 e. The summed E-state index contributed by atoms with van der Waals surface area (Å²) in [6.45, 7) is 6.45. The third-order valence-corrected chi connectivity index (χ3v) is 9.32. The molecule has 1 aliphatic heterocycles. The van der Waals surface area contributed by atoms with Gasteiger partial charge in [-0.05, 0) is 56.7 Å². The fourth-order valence-electron chi connectivity index (χ4n) is 5.50. The highest BCUT2D eigenvalue weighted by Crippen LogP contribution is 2.42. The Morgan fingerprint density at radius 3 is 2.59 bits per heavy atom. The highest BCUT2D eigenvalue weighted by Gasteiger charge is 2.43. The summed E-state index contributed by atoms with van der Waals surface area (Å²) in [6, 6.07) is 8.85. The summed E-state index contributed by atoms with van der Waals surface area (Å²) in [5.41, 5.74) is 2.41. The number of carboxylic acid groups (broad SMARTS) is 1. The van der Waals surface area contributed by atoms with Crippen molar-refractivity contribution in [1.29, 1.82) is 0 Å². The van der Waals surface area contributed by atoms with Gasteiger partial charge in [-0.25, -0.2) is 13.4 Å². The highest BCUT2D eigenvalue weighted by molar-refractivity contribution is 7.89. The van der Waals surface area contributed by atoms with Crippen LogP contribution in [-0.2, 0) is 21.2 Å². The molecule has 0 spiro atoms. The normalized spacial score (nSPS) is 21.0. The first-order valence-electron chi connectivity index (χ1n) is 12.9. The van der Waals surface area contributed by atoms with Crippen molar-refractivity contribution < 1.29 is 23.1 Å². The van der Waals surface area contributed by atoms with Gasteiger partial charge in [0.15, 0.2) is 0 Å². The monoisotopic (exact) mass is 526 g/mol. The summed E-state index contributed by atoms with van der Waals surface area (Å²) < 4.78 is 36.3. The van der Waals surface area contributed by atoms with Gasteiger partial charge in [0.25, 0.3) is 0 Å². The second-order valence-electron chi connectivity index (χ2n) is 10.7. The maximum Gasteiger partial charge on any atom is 0.309 e. The predicted molar refractivity (Wildman–Crippen MR) is 139 cm³/mol. The fourth-order valence-corrected chi connectivity index (χ4v) is 6.96. The van der Waals surface area contributed by atoms with Crippen LogP contribution in [0.1, 0.15) is 56.8 Å². The third kappa shape index (κ3) is 5.22. The minimum atomic E-state index is -3.78. The summed E-state index contributed by atoms with van der Waals surface area (Å²) in [5.74, 6) is 0.121. The predicted octanol–water partition coefficient (Wildman–Crippen LogP) is 4.21. The molecule has 1 N–H and O–H groups in total. The van der Waals surface area contributed by atoms with Gasteiger partial charge in [0.1, 0.15) is 4.90 Å². The number of pyridine rings is 1. The van der Waals surface area contributed by atoms with Gasteiger partial charge in [-0.15, -0.1) is 0 Å². The number of carboxylic acids is 1. The number of hydrogen-bond donors (Lipinski definition) is 1. The zero-order chi connectivity index (χ0) is 26.3. The van der Waals surface area contributed by atoms with E-state index in [2.05, 4.69) is 4.98 Å². The second kappa shape index (κ2) is 10.1. The SMILES string of the molecule is Cc1ccc2c(CC(=O)O)nn([C@H]3CN(S(=O)(=O)c4ccc(OC(C)C)nc4)C[C@H]3CC3CCC3)c2c1. The Balaban J connectivity index is 1.49. The number of aryl methyl sites for hydroxylation is 1. The van der Waals surface area contributed by atoms with Crippen LogP contribution < -0.4 is 4.74 Å². The summed E-state index contributed by atoms with van der Waals surface area (Å²) in [5, 5.41) is 15.0. The molecule has 1 saturated carbocycles. The lowest BCUT2D eigenvalue weighted by molar-refractivity contribution is -0.136. The molecule has 9 nitrogen and oxygen atoms in total. The molecule has 1 aromatic carbocycles. The van der Waals surface area contributed by atoms with Crippen molar-refractivity contribution in [3.63, 3.8) is 0 Å². The lowest BCUT2D eigenvalue weighted by Gasteiger charge is -2.30. The topological polar surface area (TPSA) is 115 Å². The van der Waals surface area contributed by atoms with Crippen LogP contribution >= 0.6 is 0 Å². The molecule has 2 fully saturated rings. The lowest BCUT2D eigenvalue weighted by atomic mass is 9.78. The molecule has 2 aliphatic rings. The molecule has 37 heavy (non-hydrogen) atoms. The minimum absolute atomic E-state index is 0.0555. The van der Waals surface area contributed by atoms with Gasteiger partial charge in [0.05, 0.1) is 36.0 Å². The largest absolute Gasteiger partial charge is 0.481 e. The van der Waals surface area contributed by atoms with E-state index in [9.17, 15) is 18.3 Å².